The number of halogens is 2. The third-order valence-electron chi connectivity index (χ3n) is 3.05. The minimum Gasteiger partial charge on any atom is -0.497 e. The van der Waals surface area contributed by atoms with Crippen molar-refractivity contribution in [3.05, 3.63) is 51.5 Å². The second-order valence-corrected chi connectivity index (χ2v) is 5.46. The average Bonchev–Trinajstić information content (AvgIpc) is 2.74. The van der Waals surface area contributed by atoms with E-state index in [4.69, 9.17) is 17.0 Å². The standard InChI is InChI=1S/C14H10BrFN2OS/c1-19-8-5-6-12-11(7-8)17-14(20)18(12)13-9(15)3-2-4-10(13)16/h2-7H,1H3,(H,17,20). The average molecular weight is 353 g/mol. The van der Waals surface area contributed by atoms with Crippen molar-refractivity contribution in [1.82, 2.24) is 9.55 Å². The molecule has 1 heterocycles. The molecule has 0 spiro atoms. The van der Waals surface area contributed by atoms with E-state index in [2.05, 4.69) is 20.9 Å². The van der Waals surface area contributed by atoms with Gasteiger partial charge in [-0.1, -0.05) is 6.07 Å². The molecular formula is C14H10BrFN2OS. The van der Waals surface area contributed by atoms with Crippen LogP contribution in [0.4, 0.5) is 4.39 Å². The molecule has 3 nitrogen and oxygen atoms in total. The van der Waals surface area contributed by atoms with Crippen molar-refractivity contribution in [2.24, 2.45) is 0 Å². The van der Waals surface area contributed by atoms with Crippen molar-refractivity contribution < 1.29 is 9.13 Å². The van der Waals surface area contributed by atoms with Crippen LogP contribution in [0.2, 0.25) is 0 Å². The summed E-state index contributed by atoms with van der Waals surface area (Å²) in [5.74, 6) is 0.376. The summed E-state index contributed by atoms with van der Waals surface area (Å²) < 4.78 is 22.1. The molecular weight excluding hydrogens is 343 g/mol. The van der Waals surface area contributed by atoms with E-state index in [1.165, 1.54) is 6.07 Å². The number of hydrogen-bond donors (Lipinski definition) is 1. The van der Waals surface area contributed by atoms with Crippen LogP contribution in [0.5, 0.6) is 5.75 Å². The Morgan fingerprint density at radius 3 is 2.80 bits per heavy atom. The van der Waals surface area contributed by atoms with Crippen LogP contribution in [0, 0.1) is 10.6 Å². The summed E-state index contributed by atoms with van der Waals surface area (Å²) in [5, 5.41) is 0. The van der Waals surface area contributed by atoms with E-state index in [0.29, 0.717) is 20.7 Å². The molecule has 0 amide bonds. The number of nitrogens with zero attached hydrogens (tertiary/aromatic N) is 1. The summed E-state index contributed by atoms with van der Waals surface area (Å²) in [6.45, 7) is 0. The highest BCUT2D eigenvalue weighted by molar-refractivity contribution is 9.10. The molecule has 1 N–H and O–H groups in total. The summed E-state index contributed by atoms with van der Waals surface area (Å²) in [4.78, 5) is 3.06. The number of benzene rings is 2. The highest BCUT2D eigenvalue weighted by Gasteiger charge is 2.14. The molecule has 0 unspecified atom stereocenters. The first-order chi connectivity index (χ1) is 9.61. The number of rotatable bonds is 2. The number of hydrogen-bond acceptors (Lipinski definition) is 2. The van der Waals surface area contributed by atoms with Gasteiger partial charge in [-0.15, -0.1) is 0 Å². The van der Waals surface area contributed by atoms with Gasteiger partial charge in [-0.05, 0) is 52.4 Å². The topological polar surface area (TPSA) is 29.9 Å². The summed E-state index contributed by atoms with van der Waals surface area (Å²) in [7, 11) is 1.60. The Morgan fingerprint density at radius 1 is 1.30 bits per heavy atom. The zero-order valence-electron chi connectivity index (χ0n) is 10.5. The van der Waals surface area contributed by atoms with Crippen molar-refractivity contribution >= 4 is 39.2 Å². The van der Waals surface area contributed by atoms with Crippen LogP contribution in [0.15, 0.2) is 40.9 Å². The number of aromatic nitrogens is 2. The van der Waals surface area contributed by atoms with Crippen LogP contribution >= 0.6 is 28.1 Å². The van der Waals surface area contributed by atoms with Crippen molar-refractivity contribution in [3.8, 4) is 11.4 Å². The Morgan fingerprint density at radius 2 is 2.10 bits per heavy atom. The molecule has 0 aliphatic carbocycles. The molecule has 3 aromatic rings. The van der Waals surface area contributed by atoms with Crippen molar-refractivity contribution in [2.45, 2.75) is 0 Å². The minimum absolute atomic E-state index is 0.341. The van der Waals surface area contributed by atoms with E-state index < -0.39 is 0 Å². The SMILES string of the molecule is COc1ccc2c(c1)[nH]c(=S)n2-c1c(F)cccc1Br. The number of H-pyrrole nitrogens is 1. The van der Waals surface area contributed by atoms with E-state index in [1.807, 2.05) is 18.2 Å². The molecule has 3 rings (SSSR count). The van der Waals surface area contributed by atoms with Crippen molar-refractivity contribution in [3.63, 3.8) is 0 Å². The van der Waals surface area contributed by atoms with Gasteiger partial charge in [0.05, 0.1) is 23.8 Å². The molecule has 1 aromatic heterocycles. The Bertz CT molecular complexity index is 836. The third-order valence-corrected chi connectivity index (χ3v) is 3.98. The third kappa shape index (κ3) is 2.05. The second-order valence-electron chi connectivity index (χ2n) is 4.22. The zero-order chi connectivity index (χ0) is 14.3. The Kier molecular flexibility index (Phi) is 3.35. The van der Waals surface area contributed by atoms with Gasteiger partial charge in [0.2, 0.25) is 0 Å². The normalized spacial score (nSPS) is 10.9. The van der Waals surface area contributed by atoms with Gasteiger partial charge in [0, 0.05) is 10.5 Å². The van der Waals surface area contributed by atoms with Gasteiger partial charge in [-0.25, -0.2) is 4.39 Å². The Balaban J connectivity index is 2.37. The summed E-state index contributed by atoms with van der Waals surface area (Å²) in [5.41, 5.74) is 1.99. The van der Waals surface area contributed by atoms with Gasteiger partial charge in [0.1, 0.15) is 11.6 Å². The Hall–Kier alpha value is -1.66. The molecule has 20 heavy (non-hydrogen) atoms. The second kappa shape index (κ2) is 5.03. The van der Waals surface area contributed by atoms with E-state index >= 15 is 0 Å². The highest BCUT2D eigenvalue weighted by Crippen LogP contribution is 2.29. The van der Waals surface area contributed by atoms with Crippen molar-refractivity contribution in [2.75, 3.05) is 7.11 Å². The molecule has 0 fully saturated rings. The lowest BCUT2D eigenvalue weighted by Crippen LogP contribution is -1.99. The van der Waals surface area contributed by atoms with Gasteiger partial charge in [-0.2, -0.15) is 0 Å². The lowest BCUT2D eigenvalue weighted by molar-refractivity contribution is 0.415. The molecule has 0 aliphatic rings. The maximum atomic E-state index is 14.1. The first-order valence-electron chi connectivity index (χ1n) is 5.85. The van der Waals surface area contributed by atoms with E-state index in [9.17, 15) is 4.39 Å². The summed E-state index contributed by atoms with van der Waals surface area (Å²) in [6.07, 6.45) is 0. The van der Waals surface area contributed by atoms with E-state index in [-0.39, 0.29) is 5.82 Å². The van der Waals surface area contributed by atoms with Crippen LogP contribution in [0.1, 0.15) is 0 Å². The minimum atomic E-state index is -0.341. The van der Waals surface area contributed by atoms with Gasteiger partial charge in [-0.3, -0.25) is 4.57 Å². The number of ether oxygens (including phenoxy) is 1. The molecule has 6 heteroatoms. The van der Waals surface area contributed by atoms with Crippen LogP contribution in [-0.2, 0) is 0 Å². The molecule has 0 bridgehead atoms. The molecule has 0 radical (unpaired) electrons. The predicted octanol–water partition coefficient (Wildman–Crippen LogP) is 4.60. The van der Waals surface area contributed by atoms with Gasteiger partial charge in [0.25, 0.3) is 0 Å². The van der Waals surface area contributed by atoms with E-state index in [0.717, 1.165) is 11.0 Å². The zero-order valence-corrected chi connectivity index (χ0v) is 12.9. The van der Waals surface area contributed by atoms with Crippen molar-refractivity contribution in [1.29, 1.82) is 0 Å². The van der Waals surface area contributed by atoms with Gasteiger partial charge < -0.3 is 9.72 Å². The number of para-hydroxylation sites is 1. The molecule has 0 saturated heterocycles. The summed E-state index contributed by atoms with van der Waals surface area (Å²) in [6, 6.07) is 10.3. The molecule has 0 saturated carbocycles. The smallest absolute Gasteiger partial charge is 0.182 e. The fraction of sp³-hybridized carbons (Fsp3) is 0.0714. The maximum Gasteiger partial charge on any atom is 0.182 e. The fourth-order valence-electron chi connectivity index (χ4n) is 2.14. The predicted molar refractivity (Wildman–Crippen MR) is 82.7 cm³/mol. The lowest BCUT2D eigenvalue weighted by Gasteiger charge is -2.08. The lowest BCUT2D eigenvalue weighted by atomic mass is 10.2. The molecule has 0 aliphatic heterocycles. The Labute approximate surface area is 128 Å². The summed E-state index contributed by atoms with van der Waals surface area (Å²) >= 11 is 8.68. The number of aromatic amines is 1. The monoisotopic (exact) mass is 352 g/mol. The highest BCUT2D eigenvalue weighted by atomic mass is 79.9. The van der Waals surface area contributed by atoms with Gasteiger partial charge in [0.15, 0.2) is 4.77 Å². The van der Waals surface area contributed by atoms with Gasteiger partial charge >= 0.3 is 0 Å². The number of fused-ring (bicyclic) bond motifs is 1. The first-order valence-corrected chi connectivity index (χ1v) is 7.05. The van der Waals surface area contributed by atoms with Crippen LogP contribution < -0.4 is 4.74 Å². The van der Waals surface area contributed by atoms with Crippen LogP contribution in [0.25, 0.3) is 16.7 Å². The van der Waals surface area contributed by atoms with Crippen LogP contribution in [-0.4, -0.2) is 16.7 Å². The first kappa shape index (κ1) is 13.3. The number of nitrogens with one attached hydrogen (secondary N) is 1. The fourth-order valence-corrected chi connectivity index (χ4v) is 2.96. The maximum absolute atomic E-state index is 14.1. The molecule has 2 aromatic carbocycles. The largest absolute Gasteiger partial charge is 0.497 e. The molecule has 102 valence electrons. The molecule has 0 atom stereocenters. The number of imidazole rings is 1. The quantitative estimate of drug-likeness (QED) is 0.683. The van der Waals surface area contributed by atoms with Crippen LogP contribution in [0.3, 0.4) is 0 Å². The van der Waals surface area contributed by atoms with E-state index in [1.54, 1.807) is 23.8 Å². The number of methoxy groups -OCH3 is 1.